The Bertz CT molecular complexity index is 393. The maximum Gasteiger partial charge on any atom is 0.0596 e. The molecule has 1 aliphatic heterocycles. The zero-order valence-electron chi connectivity index (χ0n) is 12.0. The highest BCUT2D eigenvalue weighted by atomic mass is 32.1. The smallest absolute Gasteiger partial charge is 0.0596 e. The van der Waals surface area contributed by atoms with Crippen molar-refractivity contribution in [2.24, 2.45) is 11.7 Å². The van der Waals surface area contributed by atoms with Crippen molar-refractivity contribution >= 4 is 11.3 Å². The maximum absolute atomic E-state index is 9.42. The zero-order chi connectivity index (χ0) is 13.8. The van der Waals surface area contributed by atoms with Gasteiger partial charge in [-0.25, -0.2) is 0 Å². The van der Waals surface area contributed by atoms with Crippen molar-refractivity contribution in [1.29, 1.82) is 0 Å². The summed E-state index contributed by atoms with van der Waals surface area (Å²) >= 11 is 1.82. The van der Waals surface area contributed by atoms with Gasteiger partial charge in [0.15, 0.2) is 0 Å². The molecule has 0 bridgehead atoms. The van der Waals surface area contributed by atoms with Crippen molar-refractivity contribution in [2.75, 3.05) is 19.7 Å². The van der Waals surface area contributed by atoms with E-state index in [0.717, 1.165) is 25.9 Å². The van der Waals surface area contributed by atoms with E-state index in [-0.39, 0.29) is 6.04 Å². The molecule has 2 heterocycles. The molecule has 0 aliphatic carbocycles. The van der Waals surface area contributed by atoms with Crippen LogP contribution < -0.4 is 5.73 Å². The third-order valence-corrected chi connectivity index (χ3v) is 5.34. The van der Waals surface area contributed by atoms with Gasteiger partial charge in [0.05, 0.1) is 6.04 Å². The second kappa shape index (κ2) is 6.84. The van der Waals surface area contributed by atoms with E-state index < -0.39 is 0 Å². The maximum atomic E-state index is 9.42. The summed E-state index contributed by atoms with van der Waals surface area (Å²) in [5, 5.41) is 11.6. The molecular weight excluding hydrogens is 256 g/mol. The van der Waals surface area contributed by atoms with Crippen LogP contribution in [0.25, 0.3) is 0 Å². The first kappa shape index (κ1) is 15.0. The summed E-state index contributed by atoms with van der Waals surface area (Å²) in [4.78, 5) is 3.91. The Hall–Kier alpha value is -0.420. The first-order valence-electron chi connectivity index (χ1n) is 7.31. The average Bonchev–Trinajstić information content (AvgIpc) is 2.85. The standard InChI is InChI=1S/C15H26N2OS/c1-3-13(16)14(15-11(2)6-8-19-15)17-7-4-5-12(9-17)10-18/h6,8,12-14,18H,3-5,7,9-10,16H2,1-2H3. The predicted octanol–water partition coefficient (Wildman–Crippen LogP) is 2.54. The van der Waals surface area contributed by atoms with E-state index in [1.54, 1.807) is 0 Å². The highest BCUT2D eigenvalue weighted by molar-refractivity contribution is 7.10. The zero-order valence-corrected chi connectivity index (χ0v) is 12.8. The largest absolute Gasteiger partial charge is 0.396 e. The van der Waals surface area contributed by atoms with Crippen LogP contribution >= 0.6 is 11.3 Å². The number of likely N-dealkylation sites (tertiary alicyclic amines) is 1. The summed E-state index contributed by atoms with van der Waals surface area (Å²) in [7, 11) is 0. The summed E-state index contributed by atoms with van der Waals surface area (Å²) in [6, 6.07) is 2.68. The van der Waals surface area contributed by atoms with Gasteiger partial charge in [-0.1, -0.05) is 6.92 Å². The van der Waals surface area contributed by atoms with E-state index in [9.17, 15) is 5.11 Å². The van der Waals surface area contributed by atoms with Crippen LogP contribution in [0.2, 0.25) is 0 Å². The lowest BCUT2D eigenvalue weighted by Crippen LogP contribution is -2.46. The van der Waals surface area contributed by atoms with E-state index in [0.29, 0.717) is 18.6 Å². The van der Waals surface area contributed by atoms with Gasteiger partial charge >= 0.3 is 0 Å². The van der Waals surface area contributed by atoms with E-state index in [1.165, 1.54) is 16.9 Å². The summed E-state index contributed by atoms with van der Waals surface area (Å²) in [6.07, 6.45) is 3.30. The molecule has 19 heavy (non-hydrogen) atoms. The van der Waals surface area contributed by atoms with Gasteiger partial charge in [-0.3, -0.25) is 4.90 Å². The monoisotopic (exact) mass is 282 g/mol. The molecule has 0 saturated carbocycles. The minimum atomic E-state index is 0.176. The average molecular weight is 282 g/mol. The summed E-state index contributed by atoms with van der Waals surface area (Å²) < 4.78 is 0. The predicted molar refractivity (Wildman–Crippen MR) is 81.4 cm³/mol. The third kappa shape index (κ3) is 3.37. The number of nitrogens with zero attached hydrogens (tertiary/aromatic N) is 1. The van der Waals surface area contributed by atoms with Gasteiger partial charge in [-0.15, -0.1) is 11.3 Å². The normalized spacial score (nSPS) is 24.3. The molecule has 0 radical (unpaired) electrons. The molecule has 0 amide bonds. The van der Waals surface area contributed by atoms with Crippen LogP contribution in [0.1, 0.15) is 42.7 Å². The molecule has 1 aromatic heterocycles. The molecule has 108 valence electrons. The summed E-state index contributed by atoms with van der Waals surface area (Å²) in [5.74, 6) is 0.417. The SMILES string of the molecule is CCC(N)C(c1sccc1C)N1CCCC(CO)C1. The van der Waals surface area contributed by atoms with Crippen LogP contribution in [0.3, 0.4) is 0 Å². The van der Waals surface area contributed by atoms with Crippen LogP contribution in [-0.2, 0) is 0 Å². The molecule has 3 unspecified atom stereocenters. The minimum Gasteiger partial charge on any atom is -0.396 e. The number of aliphatic hydroxyl groups is 1. The fraction of sp³-hybridized carbons (Fsp3) is 0.733. The number of hydrogen-bond acceptors (Lipinski definition) is 4. The fourth-order valence-electron chi connectivity index (χ4n) is 3.04. The van der Waals surface area contributed by atoms with Crippen molar-refractivity contribution in [3.63, 3.8) is 0 Å². The van der Waals surface area contributed by atoms with E-state index in [4.69, 9.17) is 5.73 Å². The number of rotatable bonds is 5. The number of aliphatic hydroxyl groups excluding tert-OH is 1. The van der Waals surface area contributed by atoms with Gasteiger partial charge in [-0.2, -0.15) is 0 Å². The molecule has 0 aromatic carbocycles. The number of aryl methyl sites for hydroxylation is 1. The van der Waals surface area contributed by atoms with Gasteiger partial charge < -0.3 is 10.8 Å². The molecule has 0 spiro atoms. The number of hydrogen-bond donors (Lipinski definition) is 2. The van der Waals surface area contributed by atoms with Gasteiger partial charge in [0.25, 0.3) is 0 Å². The van der Waals surface area contributed by atoms with Gasteiger partial charge in [0.1, 0.15) is 0 Å². The lowest BCUT2D eigenvalue weighted by molar-refractivity contribution is 0.0775. The van der Waals surface area contributed by atoms with Crippen molar-refractivity contribution in [3.8, 4) is 0 Å². The van der Waals surface area contributed by atoms with Gasteiger partial charge in [0, 0.05) is 24.1 Å². The Labute approximate surface area is 120 Å². The third-order valence-electron chi connectivity index (χ3n) is 4.25. The quantitative estimate of drug-likeness (QED) is 0.872. The molecular formula is C15H26N2OS. The first-order valence-corrected chi connectivity index (χ1v) is 8.19. The van der Waals surface area contributed by atoms with Crippen LogP contribution in [0, 0.1) is 12.8 Å². The Kier molecular flexibility index (Phi) is 5.39. The number of thiophene rings is 1. The second-order valence-electron chi connectivity index (χ2n) is 5.67. The molecule has 1 aliphatic rings. The van der Waals surface area contributed by atoms with Crippen LogP contribution in [-0.4, -0.2) is 35.7 Å². The summed E-state index contributed by atoms with van der Waals surface area (Å²) in [5.41, 5.74) is 7.75. The van der Waals surface area contributed by atoms with Crippen LogP contribution in [0.4, 0.5) is 0 Å². The molecule has 1 aromatic rings. The second-order valence-corrected chi connectivity index (χ2v) is 6.62. The van der Waals surface area contributed by atoms with Crippen molar-refractivity contribution in [2.45, 2.75) is 45.2 Å². The van der Waals surface area contributed by atoms with E-state index in [1.807, 2.05) is 11.3 Å². The van der Waals surface area contributed by atoms with Crippen LogP contribution in [0.5, 0.6) is 0 Å². The Morgan fingerprint density at radius 2 is 2.37 bits per heavy atom. The topological polar surface area (TPSA) is 49.5 Å². The number of nitrogens with two attached hydrogens (primary N) is 1. The Morgan fingerprint density at radius 1 is 1.58 bits per heavy atom. The highest BCUT2D eigenvalue weighted by Gasteiger charge is 2.31. The molecule has 3 atom stereocenters. The molecule has 1 saturated heterocycles. The molecule has 2 rings (SSSR count). The van der Waals surface area contributed by atoms with E-state index >= 15 is 0 Å². The summed E-state index contributed by atoms with van der Waals surface area (Å²) in [6.45, 7) is 6.72. The van der Waals surface area contributed by atoms with Crippen molar-refractivity contribution in [1.82, 2.24) is 4.90 Å². The highest BCUT2D eigenvalue weighted by Crippen LogP contribution is 2.34. The lowest BCUT2D eigenvalue weighted by atomic mass is 9.93. The Balaban J connectivity index is 2.20. The molecule has 3 nitrogen and oxygen atoms in total. The molecule has 1 fully saturated rings. The first-order chi connectivity index (χ1) is 9.17. The molecule has 4 heteroatoms. The van der Waals surface area contributed by atoms with Gasteiger partial charge in [-0.05, 0) is 55.7 Å². The number of piperidine rings is 1. The van der Waals surface area contributed by atoms with Crippen molar-refractivity contribution in [3.05, 3.63) is 21.9 Å². The Morgan fingerprint density at radius 3 is 2.95 bits per heavy atom. The van der Waals surface area contributed by atoms with Gasteiger partial charge in [0.2, 0.25) is 0 Å². The van der Waals surface area contributed by atoms with Crippen LogP contribution in [0.15, 0.2) is 11.4 Å². The minimum absolute atomic E-state index is 0.176. The van der Waals surface area contributed by atoms with Crippen molar-refractivity contribution < 1.29 is 5.11 Å². The fourth-order valence-corrected chi connectivity index (χ4v) is 4.18. The lowest BCUT2D eigenvalue weighted by Gasteiger charge is -2.40. The molecule has 3 N–H and O–H groups in total. The van der Waals surface area contributed by atoms with E-state index in [2.05, 4.69) is 30.2 Å².